The highest BCUT2D eigenvalue weighted by Crippen LogP contribution is 2.53. The van der Waals surface area contributed by atoms with Gasteiger partial charge in [-0.1, -0.05) is 202 Å². The fraction of sp³-hybridized carbons (Fsp3) is 0.0462. The van der Waals surface area contributed by atoms with Crippen molar-refractivity contribution in [3.05, 3.63) is 230 Å². The summed E-state index contributed by atoms with van der Waals surface area (Å²) in [4.78, 5) is 10.3. The van der Waals surface area contributed by atoms with Gasteiger partial charge in [-0.2, -0.15) is 0 Å². The Balaban J connectivity index is 1.08. The summed E-state index contributed by atoms with van der Waals surface area (Å²) in [5.74, 6) is 0. The number of benzene rings is 11. The third kappa shape index (κ3) is 5.39. The van der Waals surface area contributed by atoms with Crippen molar-refractivity contribution in [3.8, 4) is 55.6 Å². The van der Waals surface area contributed by atoms with Crippen LogP contribution in [0, 0.1) is 0 Å². The molecule has 0 atom stereocenters. The van der Waals surface area contributed by atoms with E-state index in [9.17, 15) is 0 Å². The maximum Gasteiger partial charge on any atom is 0.0708 e. The molecule has 1 aliphatic carbocycles. The van der Waals surface area contributed by atoms with Crippen LogP contribution >= 0.6 is 0 Å². The number of fused-ring (bicyclic) bond motifs is 12. The molecule has 0 fully saturated rings. The van der Waals surface area contributed by atoms with Crippen molar-refractivity contribution >= 4 is 75.7 Å². The molecule has 13 aromatic rings. The second-order valence-electron chi connectivity index (χ2n) is 18.7. The van der Waals surface area contributed by atoms with Crippen molar-refractivity contribution in [2.24, 2.45) is 0 Å². The molecule has 0 spiro atoms. The molecule has 0 aliphatic heterocycles. The van der Waals surface area contributed by atoms with E-state index in [2.05, 4.69) is 232 Å². The highest BCUT2D eigenvalue weighted by molar-refractivity contribution is 6.31. The van der Waals surface area contributed by atoms with Gasteiger partial charge in [-0.25, -0.2) is 0 Å². The highest BCUT2D eigenvalue weighted by Gasteiger charge is 2.35. The smallest absolute Gasteiger partial charge is 0.0708 e. The lowest BCUT2D eigenvalue weighted by Gasteiger charge is -2.24. The number of rotatable bonds is 4. The summed E-state index contributed by atoms with van der Waals surface area (Å²) in [6, 6.07) is 76.0. The molecule has 67 heavy (non-hydrogen) atoms. The molecule has 2 heterocycles. The highest BCUT2D eigenvalue weighted by atomic mass is 14.7. The predicted molar refractivity (Wildman–Crippen MR) is 284 cm³/mol. The van der Waals surface area contributed by atoms with Crippen LogP contribution < -0.4 is 0 Å². The first-order valence-electron chi connectivity index (χ1n) is 23.3. The van der Waals surface area contributed by atoms with E-state index in [0.717, 1.165) is 32.6 Å². The van der Waals surface area contributed by atoms with Gasteiger partial charge < -0.3 is 0 Å². The van der Waals surface area contributed by atoms with Crippen LogP contribution in [0.5, 0.6) is 0 Å². The minimum atomic E-state index is -0.126. The van der Waals surface area contributed by atoms with Crippen molar-refractivity contribution in [3.63, 3.8) is 0 Å². The number of nitrogens with zero attached hydrogens (tertiary/aromatic N) is 2. The first-order valence-corrected chi connectivity index (χ1v) is 23.3. The molecule has 0 saturated heterocycles. The molecule has 0 N–H and O–H groups in total. The second kappa shape index (κ2) is 14.3. The Hall–Kier alpha value is -8.46. The number of aromatic nitrogens is 2. The lowest BCUT2D eigenvalue weighted by atomic mass is 9.79. The normalized spacial score (nSPS) is 13.0. The topological polar surface area (TPSA) is 25.8 Å². The monoisotopic (exact) mass is 850 g/mol. The fourth-order valence-electron chi connectivity index (χ4n) is 12.0. The summed E-state index contributed by atoms with van der Waals surface area (Å²) in [5, 5.41) is 14.3. The Morgan fingerprint density at radius 2 is 0.687 bits per heavy atom. The first kappa shape index (κ1) is 37.9. The van der Waals surface area contributed by atoms with Crippen LogP contribution in [0.2, 0.25) is 0 Å². The van der Waals surface area contributed by atoms with Crippen LogP contribution in [-0.2, 0) is 5.41 Å². The van der Waals surface area contributed by atoms with Crippen LogP contribution in [0.3, 0.4) is 0 Å². The van der Waals surface area contributed by atoms with Crippen LogP contribution in [0.1, 0.15) is 25.0 Å². The first-order chi connectivity index (χ1) is 33.0. The minimum Gasteiger partial charge on any atom is -0.256 e. The van der Waals surface area contributed by atoms with Gasteiger partial charge in [0.2, 0.25) is 0 Å². The standard InChI is InChI=1S/C65H42N2/c1-65(2)55-29-15-12-22-43(55)44-33-32-40(36-56(44)65)60-46-24-9-11-26-48(46)62(54-38-67-58-31-17-14-28-52(58)64(54)60)50-35-34-49(41-20-6-7-21-42(41)50)61-47-25-10-8-23-45(47)59(39-18-4-3-5-19-39)63-51-27-13-16-30-57(51)66-37-53(61)63/h3-38H,1-2H3. The van der Waals surface area contributed by atoms with Gasteiger partial charge in [-0.15, -0.1) is 0 Å². The van der Waals surface area contributed by atoms with Crippen LogP contribution in [0.25, 0.3) is 131 Å². The van der Waals surface area contributed by atoms with Gasteiger partial charge >= 0.3 is 0 Å². The molecule has 1 aliphatic rings. The Bertz CT molecular complexity index is 4240. The summed E-state index contributed by atoms with van der Waals surface area (Å²) < 4.78 is 0. The molecule has 14 rings (SSSR count). The zero-order valence-corrected chi connectivity index (χ0v) is 37.2. The maximum atomic E-state index is 5.21. The number of hydrogen-bond acceptors (Lipinski definition) is 2. The zero-order chi connectivity index (χ0) is 44.4. The van der Waals surface area contributed by atoms with Crippen molar-refractivity contribution in [1.82, 2.24) is 9.97 Å². The summed E-state index contributed by atoms with van der Waals surface area (Å²) in [7, 11) is 0. The average molecular weight is 851 g/mol. The van der Waals surface area contributed by atoms with E-state index in [0.29, 0.717) is 0 Å². The van der Waals surface area contributed by atoms with Crippen molar-refractivity contribution in [2.45, 2.75) is 19.3 Å². The SMILES string of the molecule is CC1(C)c2ccccc2-c2ccc(-c3c4ccccc4c(-c4ccc(-c5c6ccccc6c(-c6ccccc6)c6c5cnc5ccccc56)c5ccccc45)c4cnc5ccccc5c34)cc21. The summed E-state index contributed by atoms with van der Waals surface area (Å²) in [6.07, 6.45) is 4.25. The quantitative estimate of drug-likeness (QED) is 0.130. The van der Waals surface area contributed by atoms with Crippen molar-refractivity contribution < 1.29 is 0 Å². The molecular formula is C65H42N2. The predicted octanol–water partition coefficient (Wildman–Crippen LogP) is 17.5. The van der Waals surface area contributed by atoms with Gasteiger partial charge in [0, 0.05) is 50.1 Å². The van der Waals surface area contributed by atoms with Crippen LogP contribution in [-0.4, -0.2) is 9.97 Å². The number of pyridine rings is 2. The van der Waals surface area contributed by atoms with E-state index >= 15 is 0 Å². The fourth-order valence-corrected chi connectivity index (χ4v) is 12.0. The van der Waals surface area contributed by atoms with Gasteiger partial charge in [0.1, 0.15) is 0 Å². The van der Waals surface area contributed by atoms with Crippen molar-refractivity contribution in [2.75, 3.05) is 0 Å². The largest absolute Gasteiger partial charge is 0.256 e. The van der Waals surface area contributed by atoms with Gasteiger partial charge in [0.25, 0.3) is 0 Å². The molecule has 0 unspecified atom stereocenters. The van der Waals surface area contributed by atoms with Gasteiger partial charge in [0.15, 0.2) is 0 Å². The zero-order valence-electron chi connectivity index (χ0n) is 37.2. The molecule has 0 amide bonds. The van der Waals surface area contributed by atoms with E-state index in [1.54, 1.807) is 0 Å². The Labute approximate surface area is 388 Å². The molecule has 2 aromatic heterocycles. The molecule has 2 heteroatoms. The van der Waals surface area contributed by atoms with Gasteiger partial charge in [-0.3, -0.25) is 9.97 Å². The Morgan fingerprint density at radius 3 is 1.24 bits per heavy atom. The molecule has 2 nitrogen and oxygen atoms in total. The third-order valence-corrected chi connectivity index (χ3v) is 14.9. The molecule has 0 radical (unpaired) electrons. The van der Waals surface area contributed by atoms with E-state index in [4.69, 9.17) is 9.97 Å². The number of para-hydroxylation sites is 2. The Kier molecular flexibility index (Phi) is 8.06. The molecule has 0 saturated carbocycles. The third-order valence-electron chi connectivity index (χ3n) is 14.9. The maximum absolute atomic E-state index is 5.21. The average Bonchev–Trinajstić information content (AvgIpc) is 3.62. The van der Waals surface area contributed by atoms with Crippen LogP contribution in [0.4, 0.5) is 0 Å². The van der Waals surface area contributed by atoms with E-state index < -0.39 is 0 Å². The Morgan fingerprint density at radius 1 is 0.284 bits per heavy atom. The molecule has 11 aromatic carbocycles. The lowest BCUT2D eigenvalue weighted by Crippen LogP contribution is -2.14. The summed E-state index contributed by atoms with van der Waals surface area (Å²) in [6.45, 7) is 4.74. The van der Waals surface area contributed by atoms with Gasteiger partial charge in [0.05, 0.1) is 11.0 Å². The van der Waals surface area contributed by atoms with Crippen LogP contribution in [0.15, 0.2) is 219 Å². The lowest BCUT2D eigenvalue weighted by molar-refractivity contribution is 0.660. The molecule has 0 bridgehead atoms. The van der Waals surface area contributed by atoms with E-state index in [-0.39, 0.29) is 5.41 Å². The summed E-state index contributed by atoms with van der Waals surface area (Å²) in [5.41, 5.74) is 17.0. The number of hydrogen-bond donors (Lipinski definition) is 0. The van der Waals surface area contributed by atoms with E-state index in [1.807, 2.05) is 0 Å². The second-order valence-corrected chi connectivity index (χ2v) is 18.7. The molecular weight excluding hydrogens is 809 g/mol. The van der Waals surface area contributed by atoms with E-state index in [1.165, 1.54) is 110 Å². The van der Waals surface area contributed by atoms with Crippen molar-refractivity contribution in [1.29, 1.82) is 0 Å². The molecule has 312 valence electrons. The summed E-state index contributed by atoms with van der Waals surface area (Å²) >= 11 is 0. The minimum absolute atomic E-state index is 0.126. The van der Waals surface area contributed by atoms with Gasteiger partial charge in [-0.05, 0) is 117 Å².